The molecule has 0 aliphatic heterocycles. The molecule has 0 radical (unpaired) electrons. The van der Waals surface area contributed by atoms with Gasteiger partial charge in [-0.05, 0) is 12.0 Å². The average molecular weight is 376 g/mol. The van der Waals surface area contributed by atoms with Crippen LogP contribution in [0.4, 0.5) is 5.82 Å². The Kier molecular flexibility index (Phi) is 6.79. The van der Waals surface area contributed by atoms with Gasteiger partial charge in [-0.3, -0.25) is 9.59 Å². The zero-order valence-electron chi connectivity index (χ0n) is 14.4. The normalized spacial score (nSPS) is 12.8. The SMILES string of the molecule is CC[C@@H](Sc1nc(N)cc(=O)[nH]1)C(=O)N[C@H](C(=O)OC)c1ccccc1. The van der Waals surface area contributed by atoms with E-state index in [1.165, 1.54) is 7.11 Å². The molecule has 0 fully saturated rings. The Morgan fingerprint density at radius 2 is 2.04 bits per heavy atom. The lowest BCUT2D eigenvalue weighted by molar-refractivity contribution is -0.145. The van der Waals surface area contributed by atoms with Crippen molar-refractivity contribution in [1.82, 2.24) is 15.3 Å². The maximum atomic E-state index is 12.7. The van der Waals surface area contributed by atoms with Crippen molar-refractivity contribution in [3.05, 3.63) is 52.3 Å². The summed E-state index contributed by atoms with van der Waals surface area (Å²) in [5.41, 5.74) is 5.78. The number of aromatic nitrogens is 2. The Morgan fingerprint density at radius 3 is 2.62 bits per heavy atom. The predicted molar refractivity (Wildman–Crippen MR) is 98.5 cm³/mol. The van der Waals surface area contributed by atoms with Crippen LogP contribution in [0.2, 0.25) is 0 Å². The fourth-order valence-electron chi connectivity index (χ4n) is 2.24. The fraction of sp³-hybridized carbons (Fsp3) is 0.294. The van der Waals surface area contributed by atoms with Crippen LogP contribution >= 0.6 is 11.8 Å². The maximum absolute atomic E-state index is 12.7. The van der Waals surface area contributed by atoms with Gasteiger partial charge in [-0.25, -0.2) is 9.78 Å². The second-order valence-corrected chi connectivity index (χ2v) is 6.56. The molecule has 2 aromatic rings. The van der Waals surface area contributed by atoms with Crippen LogP contribution in [0, 0.1) is 0 Å². The number of H-pyrrole nitrogens is 1. The number of rotatable bonds is 7. The summed E-state index contributed by atoms with van der Waals surface area (Å²) in [5.74, 6) is -0.870. The molecule has 0 aliphatic carbocycles. The van der Waals surface area contributed by atoms with Crippen LogP contribution in [0.1, 0.15) is 24.9 Å². The summed E-state index contributed by atoms with van der Waals surface area (Å²) in [5, 5.41) is 2.37. The Balaban J connectivity index is 2.17. The van der Waals surface area contributed by atoms with Crippen molar-refractivity contribution in [3.63, 3.8) is 0 Å². The summed E-state index contributed by atoms with van der Waals surface area (Å²) in [6.45, 7) is 1.82. The molecule has 1 aromatic carbocycles. The van der Waals surface area contributed by atoms with Crippen LogP contribution in [-0.2, 0) is 14.3 Å². The number of nitrogens with zero attached hydrogens (tertiary/aromatic N) is 1. The lowest BCUT2D eigenvalue weighted by Gasteiger charge is -2.20. The van der Waals surface area contributed by atoms with Crippen LogP contribution in [0.3, 0.4) is 0 Å². The number of methoxy groups -OCH3 is 1. The second-order valence-electron chi connectivity index (χ2n) is 5.37. The van der Waals surface area contributed by atoms with Gasteiger partial charge in [0.05, 0.1) is 12.4 Å². The van der Waals surface area contributed by atoms with Crippen LogP contribution in [0.5, 0.6) is 0 Å². The minimum Gasteiger partial charge on any atom is -0.467 e. The van der Waals surface area contributed by atoms with E-state index in [9.17, 15) is 14.4 Å². The smallest absolute Gasteiger partial charge is 0.333 e. The molecule has 9 heteroatoms. The van der Waals surface area contributed by atoms with Crippen LogP contribution in [0.25, 0.3) is 0 Å². The molecular formula is C17H20N4O4S. The number of amides is 1. The topological polar surface area (TPSA) is 127 Å². The van der Waals surface area contributed by atoms with Gasteiger partial charge < -0.3 is 20.8 Å². The van der Waals surface area contributed by atoms with E-state index in [0.29, 0.717) is 12.0 Å². The van der Waals surface area contributed by atoms with E-state index < -0.39 is 22.8 Å². The summed E-state index contributed by atoms with van der Waals surface area (Å²) in [4.78, 5) is 42.8. The number of anilines is 1. The highest BCUT2D eigenvalue weighted by Crippen LogP contribution is 2.23. The third kappa shape index (κ3) is 5.09. The van der Waals surface area contributed by atoms with Crippen molar-refractivity contribution in [2.75, 3.05) is 12.8 Å². The van der Waals surface area contributed by atoms with Crippen LogP contribution in [0.15, 0.2) is 46.3 Å². The van der Waals surface area contributed by atoms with E-state index in [1.807, 2.05) is 13.0 Å². The first-order valence-corrected chi connectivity index (χ1v) is 8.79. The summed E-state index contributed by atoms with van der Waals surface area (Å²) in [6, 6.07) is 9.05. The first-order chi connectivity index (χ1) is 12.4. The maximum Gasteiger partial charge on any atom is 0.333 e. The van der Waals surface area contributed by atoms with Crippen molar-refractivity contribution in [1.29, 1.82) is 0 Å². The Hall–Kier alpha value is -2.81. The van der Waals surface area contributed by atoms with Gasteiger partial charge in [0, 0.05) is 6.07 Å². The van der Waals surface area contributed by atoms with Crippen LogP contribution < -0.4 is 16.6 Å². The molecule has 0 saturated heterocycles. The fourth-order valence-corrected chi connectivity index (χ4v) is 3.17. The third-order valence-electron chi connectivity index (χ3n) is 3.51. The van der Waals surface area contributed by atoms with Gasteiger partial charge in [0.1, 0.15) is 5.82 Å². The third-order valence-corrected chi connectivity index (χ3v) is 4.76. The molecule has 26 heavy (non-hydrogen) atoms. The largest absolute Gasteiger partial charge is 0.467 e. The molecule has 1 amide bonds. The predicted octanol–water partition coefficient (Wildman–Crippen LogP) is 1.25. The number of hydrogen-bond acceptors (Lipinski definition) is 7. The number of aromatic amines is 1. The highest BCUT2D eigenvalue weighted by Gasteiger charge is 2.27. The van der Waals surface area contributed by atoms with Crippen molar-refractivity contribution in [3.8, 4) is 0 Å². The lowest BCUT2D eigenvalue weighted by atomic mass is 10.1. The van der Waals surface area contributed by atoms with E-state index in [0.717, 1.165) is 17.8 Å². The number of esters is 1. The van der Waals surface area contributed by atoms with Crippen molar-refractivity contribution >= 4 is 29.5 Å². The molecule has 1 heterocycles. The average Bonchev–Trinajstić information content (AvgIpc) is 2.63. The Bertz CT molecular complexity index is 825. The van der Waals surface area contributed by atoms with E-state index in [4.69, 9.17) is 10.5 Å². The van der Waals surface area contributed by atoms with Crippen molar-refractivity contribution in [2.24, 2.45) is 0 Å². The van der Waals surface area contributed by atoms with Gasteiger partial charge in [-0.1, -0.05) is 49.0 Å². The van der Waals surface area contributed by atoms with Gasteiger partial charge in [-0.2, -0.15) is 0 Å². The number of carbonyl (C=O) groups excluding carboxylic acids is 2. The van der Waals surface area contributed by atoms with E-state index >= 15 is 0 Å². The monoisotopic (exact) mass is 376 g/mol. The lowest BCUT2D eigenvalue weighted by Crippen LogP contribution is -2.39. The molecule has 8 nitrogen and oxygen atoms in total. The quantitative estimate of drug-likeness (QED) is 0.377. The number of ether oxygens (including phenoxy) is 1. The number of nitrogens with one attached hydrogen (secondary N) is 2. The zero-order chi connectivity index (χ0) is 19.1. The van der Waals surface area contributed by atoms with Gasteiger partial charge >= 0.3 is 5.97 Å². The summed E-state index contributed by atoms with van der Waals surface area (Å²) in [7, 11) is 1.26. The van der Waals surface area contributed by atoms with Gasteiger partial charge in [-0.15, -0.1) is 0 Å². The molecule has 4 N–H and O–H groups in total. The number of carbonyl (C=O) groups is 2. The highest BCUT2D eigenvalue weighted by molar-refractivity contribution is 8.00. The van der Waals surface area contributed by atoms with Gasteiger partial charge in [0.25, 0.3) is 5.56 Å². The minimum absolute atomic E-state index is 0.0724. The van der Waals surface area contributed by atoms with Gasteiger partial charge in [0.15, 0.2) is 11.2 Å². The van der Waals surface area contributed by atoms with Crippen LogP contribution in [-0.4, -0.2) is 34.2 Å². The van der Waals surface area contributed by atoms with Crippen molar-refractivity contribution in [2.45, 2.75) is 29.8 Å². The number of nitrogen functional groups attached to an aromatic ring is 1. The summed E-state index contributed by atoms with van der Waals surface area (Å²) < 4.78 is 4.79. The number of thioether (sulfide) groups is 1. The molecule has 0 bridgehead atoms. The molecule has 0 spiro atoms. The van der Waals surface area contributed by atoms with E-state index in [1.54, 1.807) is 24.3 Å². The standard InChI is InChI=1S/C17H20N4O4S/c1-3-11(26-17-19-12(18)9-13(22)20-17)15(23)21-14(16(24)25-2)10-7-5-4-6-8-10/h4-9,11,14H,3H2,1-2H3,(H,21,23)(H3,18,19,20,22)/t11-,14+/m1/s1. The molecule has 0 unspecified atom stereocenters. The highest BCUT2D eigenvalue weighted by atomic mass is 32.2. The molecule has 138 valence electrons. The molecule has 0 aliphatic rings. The number of nitrogens with two attached hydrogens (primary N) is 1. The summed E-state index contributed by atoms with van der Waals surface area (Å²) in [6.07, 6.45) is 0.456. The molecule has 1 aromatic heterocycles. The summed E-state index contributed by atoms with van der Waals surface area (Å²) >= 11 is 1.07. The minimum atomic E-state index is -0.920. The first kappa shape index (κ1) is 19.5. The Labute approximate surface area is 154 Å². The molecule has 2 rings (SSSR count). The van der Waals surface area contributed by atoms with Crippen molar-refractivity contribution < 1.29 is 14.3 Å². The molecule has 2 atom stereocenters. The Morgan fingerprint density at radius 1 is 1.35 bits per heavy atom. The van der Waals surface area contributed by atoms with E-state index in [2.05, 4.69) is 15.3 Å². The number of benzene rings is 1. The number of hydrogen-bond donors (Lipinski definition) is 3. The second kappa shape index (κ2) is 9.04. The molecular weight excluding hydrogens is 356 g/mol. The van der Waals surface area contributed by atoms with E-state index in [-0.39, 0.29) is 16.9 Å². The van der Waals surface area contributed by atoms with Gasteiger partial charge in [0.2, 0.25) is 5.91 Å². The first-order valence-electron chi connectivity index (χ1n) is 7.91. The molecule has 0 saturated carbocycles. The zero-order valence-corrected chi connectivity index (χ0v) is 15.2.